The van der Waals surface area contributed by atoms with Gasteiger partial charge in [-0.05, 0) is 43.7 Å². The topological polar surface area (TPSA) is 90.9 Å². The molecule has 3 heterocycles. The van der Waals surface area contributed by atoms with Crippen molar-refractivity contribution >= 4 is 28.9 Å². The quantitative estimate of drug-likeness (QED) is 0.394. The zero-order valence-corrected chi connectivity index (χ0v) is 16.1. The van der Waals surface area contributed by atoms with E-state index in [0.29, 0.717) is 34.7 Å². The maximum absolute atomic E-state index is 12.9. The lowest BCUT2D eigenvalue weighted by molar-refractivity contribution is 0.365. The number of fused-ring (bicyclic) bond motifs is 2. The van der Waals surface area contributed by atoms with Crippen LogP contribution < -0.4 is 9.74 Å². The Balaban J connectivity index is 1.77. The van der Waals surface area contributed by atoms with Gasteiger partial charge in [0, 0.05) is 0 Å². The van der Waals surface area contributed by atoms with Crippen molar-refractivity contribution < 1.29 is 13.5 Å². The van der Waals surface area contributed by atoms with Crippen LogP contribution in [-0.4, -0.2) is 30.6 Å². The molecule has 1 aromatic carbocycles. The van der Waals surface area contributed by atoms with Gasteiger partial charge in [0.15, 0.2) is 0 Å². The Morgan fingerprint density at radius 2 is 2.11 bits per heavy atom. The summed E-state index contributed by atoms with van der Waals surface area (Å²) in [4.78, 5) is 21.8. The molecule has 0 radical (unpaired) electrons. The van der Waals surface area contributed by atoms with Crippen LogP contribution in [-0.2, 0) is 10.7 Å². The zero-order valence-electron chi connectivity index (χ0n) is 15.3. The summed E-state index contributed by atoms with van der Waals surface area (Å²) in [5, 5.41) is 10.3. The molecule has 4 rings (SSSR count). The van der Waals surface area contributed by atoms with E-state index >= 15 is 0 Å². The van der Waals surface area contributed by atoms with Crippen LogP contribution >= 0.6 is 12.3 Å². The van der Waals surface area contributed by atoms with Gasteiger partial charge >= 0.3 is 0 Å². The summed E-state index contributed by atoms with van der Waals surface area (Å²) < 4.78 is 13.9. The van der Waals surface area contributed by atoms with Gasteiger partial charge < -0.3 is 9.29 Å². The highest BCUT2D eigenvalue weighted by Gasteiger charge is 2.17. The molecular formula is C19H18N4O4S. The molecule has 0 spiro atoms. The van der Waals surface area contributed by atoms with E-state index in [0.717, 1.165) is 17.9 Å². The minimum Gasteiger partial charge on any atom is -0.506 e. The molecule has 28 heavy (non-hydrogen) atoms. The standard InChI is InChI=1S/C19H18N4O4S/c1-3-26-28-27-19-16(21-17-7-5-13(24)9-23(17)19)10-22-11-20-15-8-12(2)4-6-14(15)18(22)25/h4-9,11,24H,3,10H2,1-2H3. The van der Waals surface area contributed by atoms with Gasteiger partial charge in [-0.25, -0.2) is 9.97 Å². The number of hydrogen-bond acceptors (Lipinski definition) is 7. The second-order valence-electron chi connectivity index (χ2n) is 6.24. The number of hydrogen-bond donors (Lipinski definition) is 1. The van der Waals surface area contributed by atoms with E-state index in [-0.39, 0.29) is 17.9 Å². The molecule has 0 amide bonds. The number of aromatic hydroxyl groups is 1. The highest BCUT2D eigenvalue weighted by molar-refractivity contribution is 7.90. The molecule has 0 aliphatic carbocycles. The lowest BCUT2D eigenvalue weighted by Gasteiger charge is -2.08. The third kappa shape index (κ3) is 3.41. The van der Waals surface area contributed by atoms with Crippen LogP contribution in [0.25, 0.3) is 16.6 Å². The van der Waals surface area contributed by atoms with Crippen LogP contribution in [0.15, 0.2) is 47.7 Å². The van der Waals surface area contributed by atoms with E-state index in [1.807, 2.05) is 26.0 Å². The van der Waals surface area contributed by atoms with E-state index in [1.165, 1.54) is 23.2 Å². The molecule has 9 heteroatoms. The van der Waals surface area contributed by atoms with Crippen LogP contribution in [0.3, 0.4) is 0 Å². The molecule has 144 valence electrons. The van der Waals surface area contributed by atoms with E-state index in [1.54, 1.807) is 16.5 Å². The first kappa shape index (κ1) is 18.3. The fourth-order valence-electron chi connectivity index (χ4n) is 2.90. The lowest BCUT2D eigenvalue weighted by Crippen LogP contribution is -2.21. The lowest BCUT2D eigenvalue weighted by atomic mass is 10.2. The Morgan fingerprint density at radius 3 is 2.93 bits per heavy atom. The van der Waals surface area contributed by atoms with Crippen molar-refractivity contribution in [2.75, 3.05) is 6.61 Å². The molecule has 0 atom stereocenters. The van der Waals surface area contributed by atoms with Crippen molar-refractivity contribution in [3.63, 3.8) is 0 Å². The van der Waals surface area contributed by atoms with E-state index < -0.39 is 0 Å². The van der Waals surface area contributed by atoms with Crippen LogP contribution in [0.5, 0.6) is 11.6 Å². The molecule has 0 aliphatic rings. The maximum Gasteiger partial charge on any atom is 0.261 e. The van der Waals surface area contributed by atoms with Crippen molar-refractivity contribution in [2.45, 2.75) is 20.4 Å². The van der Waals surface area contributed by atoms with Crippen molar-refractivity contribution in [1.29, 1.82) is 0 Å². The first-order valence-electron chi connectivity index (χ1n) is 8.68. The normalized spacial score (nSPS) is 11.4. The van der Waals surface area contributed by atoms with Gasteiger partial charge in [-0.3, -0.25) is 17.9 Å². The van der Waals surface area contributed by atoms with Crippen molar-refractivity contribution in [2.24, 2.45) is 0 Å². The monoisotopic (exact) mass is 398 g/mol. The average molecular weight is 398 g/mol. The van der Waals surface area contributed by atoms with Gasteiger partial charge in [-0.2, -0.15) is 0 Å². The smallest absolute Gasteiger partial charge is 0.261 e. The minimum absolute atomic E-state index is 0.0719. The summed E-state index contributed by atoms with van der Waals surface area (Å²) in [5.74, 6) is 0.447. The molecule has 0 unspecified atom stereocenters. The van der Waals surface area contributed by atoms with Crippen molar-refractivity contribution in [3.05, 3.63) is 64.5 Å². The fraction of sp³-hybridized carbons (Fsp3) is 0.211. The van der Waals surface area contributed by atoms with E-state index in [4.69, 9.17) is 8.37 Å². The van der Waals surface area contributed by atoms with Gasteiger partial charge in [0.1, 0.15) is 17.1 Å². The molecule has 8 nitrogen and oxygen atoms in total. The number of imidazole rings is 1. The third-order valence-corrected chi connectivity index (χ3v) is 4.76. The highest BCUT2D eigenvalue weighted by atomic mass is 32.2. The SMILES string of the molecule is CCOSOc1c(Cn2cnc3cc(C)ccc3c2=O)nc2ccc(O)cn12. The van der Waals surface area contributed by atoms with Crippen LogP contribution in [0.2, 0.25) is 0 Å². The molecule has 3 aromatic heterocycles. The number of aromatic nitrogens is 4. The molecule has 0 saturated heterocycles. The van der Waals surface area contributed by atoms with Crippen LogP contribution in [0, 0.1) is 6.92 Å². The zero-order chi connectivity index (χ0) is 19.7. The highest BCUT2D eigenvalue weighted by Crippen LogP contribution is 2.27. The van der Waals surface area contributed by atoms with Crippen molar-refractivity contribution in [3.8, 4) is 11.6 Å². The summed E-state index contributed by atoms with van der Waals surface area (Å²) in [5.41, 5.74) is 2.64. The maximum atomic E-state index is 12.9. The second kappa shape index (κ2) is 7.53. The molecule has 0 fully saturated rings. The van der Waals surface area contributed by atoms with Gasteiger partial charge in [0.2, 0.25) is 18.2 Å². The van der Waals surface area contributed by atoms with Crippen LogP contribution in [0.4, 0.5) is 0 Å². The second-order valence-corrected chi connectivity index (χ2v) is 6.77. The molecule has 0 saturated carbocycles. The third-order valence-electron chi connectivity index (χ3n) is 4.21. The number of benzene rings is 1. The molecule has 0 bridgehead atoms. The van der Waals surface area contributed by atoms with Gasteiger partial charge in [0.25, 0.3) is 5.56 Å². The summed E-state index contributed by atoms with van der Waals surface area (Å²) in [6.45, 7) is 4.44. The Labute approximate surface area is 164 Å². The van der Waals surface area contributed by atoms with Crippen LogP contribution in [0.1, 0.15) is 18.2 Å². The largest absolute Gasteiger partial charge is 0.506 e. The first-order valence-corrected chi connectivity index (χ1v) is 9.35. The number of rotatable bonds is 6. The summed E-state index contributed by atoms with van der Waals surface area (Å²) in [6.07, 6.45) is 3.00. The predicted octanol–water partition coefficient (Wildman–Crippen LogP) is 3.09. The molecule has 4 aromatic rings. The number of pyridine rings is 1. The van der Waals surface area contributed by atoms with Gasteiger partial charge in [-0.1, -0.05) is 6.07 Å². The predicted molar refractivity (Wildman–Crippen MR) is 107 cm³/mol. The Kier molecular flexibility index (Phi) is 4.93. The Morgan fingerprint density at radius 1 is 1.25 bits per heavy atom. The number of nitrogens with zero attached hydrogens (tertiary/aromatic N) is 4. The van der Waals surface area contributed by atoms with Gasteiger partial charge in [-0.15, -0.1) is 0 Å². The summed E-state index contributed by atoms with van der Waals surface area (Å²) >= 11 is 0.819. The molecule has 1 N–H and O–H groups in total. The minimum atomic E-state index is -0.159. The Hall–Kier alpha value is -3.04. The van der Waals surface area contributed by atoms with E-state index in [2.05, 4.69) is 9.97 Å². The van der Waals surface area contributed by atoms with Gasteiger partial charge in [0.05, 0.1) is 36.6 Å². The fourth-order valence-corrected chi connectivity index (χ4v) is 3.28. The first-order chi connectivity index (χ1) is 13.6. The summed E-state index contributed by atoms with van der Waals surface area (Å²) in [6, 6.07) is 8.75. The van der Waals surface area contributed by atoms with E-state index in [9.17, 15) is 9.90 Å². The molecule has 0 aliphatic heterocycles. The number of aryl methyl sites for hydroxylation is 1. The van der Waals surface area contributed by atoms with Crippen molar-refractivity contribution in [1.82, 2.24) is 18.9 Å². The average Bonchev–Trinajstić information content (AvgIpc) is 3.01. The summed E-state index contributed by atoms with van der Waals surface area (Å²) in [7, 11) is 0. The molecular weight excluding hydrogens is 380 g/mol. The Bertz CT molecular complexity index is 1220.